The van der Waals surface area contributed by atoms with Gasteiger partial charge < -0.3 is 14.2 Å². The van der Waals surface area contributed by atoms with Crippen LogP contribution in [0.1, 0.15) is 10.5 Å². The average Bonchev–Trinajstić information content (AvgIpc) is 2.91. The van der Waals surface area contributed by atoms with E-state index in [2.05, 4.69) is 4.98 Å². The van der Waals surface area contributed by atoms with Crippen LogP contribution in [0.25, 0.3) is 22.2 Å². The highest BCUT2D eigenvalue weighted by molar-refractivity contribution is 6.01. The van der Waals surface area contributed by atoms with Gasteiger partial charge in [-0.15, -0.1) is 0 Å². The van der Waals surface area contributed by atoms with Gasteiger partial charge in [-0.05, 0) is 6.07 Å². The number of rotatable bonds is 2. The topological polar surface area (TPSA) is 60.0 Å². The predicted molar refractivity (Wildman–Crippen MR) is 72.1 cm³/mol. The molecule has 2 heterocycles. The summed E-state index contributed by atoms with van der Waals surface area (Å²) >= 11 is 0. The highest BCUT2D eigenvalue weighted by Gasteiger charge is 2.20. The lowest BCUT2D eigenvalue weighted by Crippen LogP contribution is -2.05. The smallest absolute Gasteiger partial charge is 0.354 e. The zero-order chi connectivity index (χ0) is 13.6. The van der Waals surface area contributed by atoms with Crippen LogP contribution in [0.3, 0.4) is 0 Å². The number of hydrogen-bond acceptors (Lipinski definition) is 2. The van der Waals surface area contributed by atoms with Gasteiger partial charge in [0, 0.05) is 36.8 Å². The molecule has 5 nitrogen and oxygen atoms in total. The normalized spacial score (nSPS) is 11.1. The molecule has 0 saturated carbocycles. The molecule has 0 spiro atoms. The Labute approximate surface area is 109 Å². The van der Waals surface area contributed by atoms with Crippen molar-refractivity contribution < 1.29 is 9.90 Å². The van der Waals surface area contributed by atoms with Gasteiger partial charge in [-0.25, -0.2) is 9.78 Å². The van der Waals surface area contributed by atoms with Gasteiger partial charge in [0.1, 0.15) is 5.69 Å². The molecule has 19 heavy (non-hydrogen) atoms. The van der Waals surface area contributed by atoms with E-state index >= 15 is 0 Å². The van der Waals surface area contributed by atoms with Crippen LogP contribution < -0.4 is 0 Å². The summed E-state index contributed by atoms with van der Waals surface area (Å²) in [7, 11) is 3.63. The molecular formula is C14H13N3O2. The number of imidazole rings is 1. The van der Waals surface area contributed by atoms with Gasteiger partial charge >= 0.3 is 5.97 Å². The third-order valence-corrected chi connectivity index (χ3v) is 3.29. The summed E-state index contributed by atoms with van der Waals surface area (Å²) in [6.45, 7) is 0. The lowest BCUT2D eigenvalue weighted by atomic mass is 10.1. The van der Waals surface area contributed by atoms with Crippen LogP contribution in [-0.2, 0) is 14.1 Å². The van der Waals surface area contributed by atoms with E-state index in [1.54, 1.807) is 7.05 Å². The van der Waals surface area contributed by atoms with E-state index in [1.807, 2.05) is 42.1 Å². The van der Waals surface area contributed by atoms with Gasteiger partial charge in [0.15, 0.2) is 5.69 Å². The maximum absolute atomic E-state index is 11.4. The number of benzene rings is 1. The fourth-order valence-corrected chi connectivity index (χ4v) is 2.41. The number of fused-ring (bicyclic) bond motifs is 1. The van der Waals surface area contributed by atoms with Crippen molar-refractivity contribution in [3.05, 3.63) is 42.5 Å². The number of para-hydroxylation sites is 1. The van der Waals surface area contributed by atoms with Crippen molar-refractivity contribution in [2.45, 2.75) is 0 Å². The number of carboxylic acid groups (broad SMARTS) is 1. The Kier molecular flexibility index (Phi) is 2.41. The molecule has 0 bridgehead atoms. The number of aromatic carboxylic acids is 1. The van der Waals surface area contributed by atoms with E-state index in [1.165, 1.54) is 10.9 Å². The molecule has 0 fully saturated rings. The summed E-state index contributed by atoms with van der Waals surface area (Å²) in [6, 6.07) is 7.88. The van der Waals surface area contributed by atoms with Crippen molar-refractivity contribution in [1.82, 2.24) is 14.1 Å². The first kappa shape index (κ1) is 11.5. The number of aromatic nitrogens is 3. The number of nitrogens with zero attached hydrogens (tertiary/aromatic N) is 3. The predicted octanol–water partition coefficient (Wildman–Crippen LogP) is 2.28. The largest absolute Gasteiger partial charge is 0.477 e. The molecule has 0 unspecified atom stereocenters. The molecule has 3 rings (SSSR count). The van der Waals surface area contributed by atoms with Gasteiger partial charge in [-0.2, -0.15) is 0 Å². The maximum Gasteiger partial charge on any atom is 0.354 e. The summed E-state index contributed by atoms with van der Waals surface area (Å²) in [5, 5.41) is 10.3. The van der Waals surface area contributed by atoms with E-state index < -0.39 is 5.97 Å². The number of carboxylic acids is 1. The molecule has 96 valence electrons. The summed E-state index contributed by atoms with van der Waals surface area (Å²) in [4.78, 5) is 15.6. The van der Waals surface area contributed by atoms with Gasteiger partial charge in [-0.1, -0.05) is 18.2 Å². The van der Waals surface area contributed by atoms with E-state index in [0.29, 0.717) is 5.69 Å². The molecule has 0 radical (unpaired) electrons. The molecule has 0 aliphatic heterocycles. The van der Waals surface area contributed by atoms with Crippen molar-refractivity contribution in [3.8, 4) is 11.3 Å². The van der Waals surface area contributed by atoms with Crippen LogP contribution >= 0.6 is 0 Å². The maximum atomic E-state index is 11.4. The van der Waals surface area contributed by atoms with Crippen LogP contribution in [0.2, 0.25) is 0 Å². The monoisotopic (exact) mass is 255 g/mol. The minimum absolute atomic E-state index is 0.205. The van der Waals surface area contributed by atoms with E-state index in [4.69, 9.17) is 0 Å². The number of aryl methyl sites for hydroxylation is 2. The zero-order valence-corrected chi connectivity index (χ0v) is 10.7. The molecule has 1 N–H and O–H groups in total. The van der Waals surface area contributed by atoms with Crippen molar-refractivity contribution in [1.29, 1.82) is 0 Å². The second-order valence-corrected chi connectivity index (χ2v) is 4.53. The Hall–Kier alpha value is -2.56. The van der Waals surface area contributed by atoms with Gasteiger partial charge in [0.2, 0.25) is 0 Å². The van der Waals surface area contributed by atoms with Crippen LogP contribution in [0.4, 0.5) is 0 Å². The van der Waals surface area contributed by atoms with Crippen molar-refractivity contribution >= 4 is 16.9 Å². The van der Waals surface area contributed by atoms with E-state index in [-0.39, 0.29) is 5.69 Å². The van der Waals surface area contributed by atoms with Gasteiger partial charge in [0.25, 0.3) is 0 Å². The van der Waals surface area contributed by atoms with Crippen LogP contribution in [0.15, 0.2) is 36.8 Å². The quantitative estimate of drug-likeness (QED) is 0.764. The fourth-order valence-electron chi connectivity index (χ4n) is 2.41. The lowest BCUT2D eigenvalue weighted by molar-refractivity contribution is 0.0687. The van der Waals surface area contributed by atoms with E-state index in [9.17, 15) is 9.90 Å². The molecule has 2 aromatic heterocycles. The van der Waals surface area contributed by atoms with Gasteiger partial charge in [0.05, 0.1) is 6.33 Å². The van der Waals surface area contributed by atoms with Crippen molar-refractivity contribution in [3.63, 3.8) is 0 Å². The molecule has 3 aromatic rings. The first-order chi connectivity index (χ1) is 9.09. The third-order valence-electron chi connectivity index (χ3n) is 3.29. The molecule has 0 aliphatic rings. The number of carbonyl (C=O) groups is 1. The second-order valence-electron chi connectivity index (χ2n) is 4.53. The fraction of sp³-hybridized carbons (Fsp3) is 0.143. The zero-order valence-electron chi connectivity index (χ0n) is 10.7. The summed E-state index contributed by atoms with van der Waals surface area (Å²) in [6.07, 6.45) is 3.44. The summed E-state index contributed by atoms with van der Waals surface area (Å²) < 4.78 is 3.50. The molecular weight excluding hydrogens is 242 g/mol. The third kappa shape index (κ3) is 1.62. The first-order valence-electron chi connectivity index (χ1n) is 5.88. The molecule has 0 atom stereocenters. The molecule has 5 heteroatoms. The summed E-state index contributed by atoms with van der Waals surface area (Å²) in [5.41, 5.74) is 2.61. The Bertz CT molecular complexity index is 783. The molecule has 1 aromatic carbocycles. The van der Waals surface area contributed by atoms with Crippen LogP contribution in [-0.4, -0.2) is 25.2 Å². The molecule has 0 aliphatic carbocycles. The highest BCUT2D eigenvalue weighted by Crippen LogP contribution is 2.31. The second kappa shape index (κ2) is 3.98. The Morgan fingerprint density at radius 1 is 1.21 bits per heavy atom. The molecule has 0 saturated heterocycles. The van der Waals surface area contributed by atoms with Crippen LogP contribution in [0.5, 0.6) is 0 Å². The van der Waals surface area contributed by atoms with Crippen molar-refractivity contribution in [2.75, 3.05) is 0 Å². The SMILES string of the molecule is Cn1cnc(-c2cn(C)c3ccccc23)c1C(=O)O. The van der Waals surface area contributed by atoms with Gasteiger partial charge in [-0.3, -0.25) is 0 Å². The average molecular weight is 255 g/mol. The minimum atomic E-state index is -0.970. The molecule has 0 amide bonds. The van der Waals surface area contributed by atoms with Crippen molar-refractivity contribution in [2.24, 2.45) is 14.1 Å². The lowest BCUT2D eigenvalue weighted by Gasteiger charge is -1.99. The Balaban J connectivity index is 2.34. The number of hydrogen-bond donors (Lipinski definition) is 1. The Morgan fingerprint density at radius 3 is 2.68 bits per heavy atom. The standard InChI is InChI=1S/C14H13N3O2/c1-16-7-10(9-5-3-4-6-11(9)16)12-13(14(18)19)17(2)8-15-12/h3-8H,1-2H3,(H,18,19). The highest BCUT2D eigenvalue weighted by atomic mass is 16.4. The minimum Gasteiger partial charge on any atom is -0.477 e. The Morgan fingerprint density at radius 2 is 1.95 bits per heavy atom. The summed E-state index contributed by atoms with van der Waals surface area (Å²) in [5.74, 6) is -0.970. The van der Waals surface area contributed by atoms with E-state index in [0.717, 1.165) is 16.5 Å². The first-order valence-corrected chi connectivity index (χ1v) is 5.88. The van der Waals surface area contributed by atoms with Crippen LogP contribution in [0, 0.1) is 0 Å².